The van der Waals surface area contributed by atoms with Crippen LogP contribution in [0.3, 0.4) is 0 Å². The lowest BCUT2D eigenvalue weighted by Gasteiger charge is -2.48. The van der Waals surface area contributed by atoms with Gasteiger partial charge in [0.25, 0.3) is 0 Å². The van der Waals surface area contributed by atoms with Gasteiger partial charge in [-0.3, -0.25) is 28.8 Å². The van der Waals surface area contributed by atoms with E-state index in [9.17, 15) is 33.9 Å². The van der Waals surface area contributed by atoms with Crippen LogP contribution in [0.15, 0.2) is 5.11 Å². The van der Waals surface area contributed by atoms with Gasteiger partial charge in [-0.25, -0.2) is 0 Å². The Morgan fingerprint density at radius 3 is 1.56 bits per heavy atom. The molecule has 0 saturated carbocycles. The minimum absolute atomic E-state index is 0.566. The molecule has 0 amide bonds. The van der Waals surface area contributed by atoms with Gasteiger partial charge < -0.3 is 47.7 Å². The van der Waals surface area contributed by atoms with E-state index in [0.29, 0.717) is 0 Å². The van der Waals surface area contributed by atoms with Crippen LogP contribution < -0.4 is 0 Å². The van der Waals surface area contributed by atoms with E-state index >= 15 is 0 Å². The van der Waals surface area contributed by atoms with Crippen molar-refractivity contribution < 1.29 is 76.5 Å². The number of esters is 6. The van der Waals surface area contributed by atoms with Gasteiger partial charge in [-0.15, -0.1) is 0 Å². The molecule has 2 heterocycles. The van der Waals surface area contributed by atoms with Crippen LogP contribution in [-0.4, -0.2) is 115 Å². The molecule has 2 saturated heterocycles. The summed E-state index contributed by atoms with van der Waals surface area (Å²) in [5, 5.41) is 13.9. The SMILES string of the molecule is CC(=O)OCC1OC(O)C(N=[N+]=[N-])C(OC(C)=O)C1OC1OC(COC(C)=O)C(OC(C)=O)C(OC(C)=O)C1OC(C)=O. The molecule has 10 unspecified atom stereocenters. The first-order valence-electron chi connectivity index (χ1n) is 12.8. The van der Waals surface area contributed by atoms with Crippen molar-refractivity contribution in [2.75, 3.05) is 13.2 Å². The Labute approximate surface area is 244 Å². The van der Waals surface area contributed by atoms with E-state index in [4.69, 9.17) is 48.2 Å². The average molecular weight is 620 g/mol. The van der Waals surface area contributed by atoms with Crippen LogP contribution in [0.4, 0.5) is 0 Å². The molecule has 0 aromatic heterocycles. The van der Waals surface area contributed by atoms with Crippen LogP contribution in [0.1, 0.15) is 41.5 Å². The van der Waals surface area contributed by atoms with E-state index < -0.39 is 110 Å². The van der Waals surface area contributed by atoms with Crippen LogP contribution in [0.25, 0.3) is 10.4 Å². The Morgan fingerprint density at radius 2 is 1.09 bits per heavy atom. The maximum atomic E-state index is 12.1. The largest absolute Gasteiger partial charge is 0.463 e. The number of azide groups is 1. The minimum atomic E-state index is -1.86. The first-order chi connectivity index (χ1) is 20.1. The zero-order valence-electron chi connectivity index (χ0n) is 24.1. The van der Waals surface area contributed by atoms with Crippen molar-refractivity contribution in [2.45, 2.75) is 103 Å². The molecule has 1 N–H and O–H groups in total. The Morgan fingerprint density at radius 1 is 0.651 bits per heavy atom. The van der Waals surface area contributed by atoms with E-state index in [2.05, 4.69) is 10.0 Å². The van der Waals surface area contributed by atoms with E-state index in [-0.39, 0.29) is 0 Å². The summed E-state index contributed by atoms with van der Waals surface area (Å²) in [6, 6.07) is -1.60. The minimum Gasteiger partial charge on any atom is -0.463 e. The van der Waals surface area contributed by atoms with Crippen LogP contribution in [0.2, 0.25) is 0 Å². The summed E-state index contributed by atoms with van der Waals surface area (Å²) in [5.74, 6) is -5.09. The predicted molar refractivity (Wildman–Crippen MR) is 133 cm³/mol. The number of rotatable bonds is 11. The first kappa shape index (κ1) is 35.2. The second kappa shape index (κ2) is 16.0. The Bertz CT molecular complexity index is 1110. The van der Waals surface area contributed by atoms with Gasteiger partial charge in [0.1, 0.15) is 43.7 Å². The quantitative estimate of drug-likeness (QED) is 0.0990. The Kier molecular flexibility index (Phi) is 13.1. The molecule has 0 spiro atoms. The highest BCUT2D eigenvalue weighted by molar-refractivity contribution is 5.69. The normalized spacial score (nSPS) is 31.8. The predicted octanol–water partition coefficient (Wildman–Crippen LogP) is -0.654. The summed E-state index contributed by atoms with van der Waals surface area (Å²) in [6.07, 6.45) is -14.4. The fraction of sp³-hybridized carbons (Fsp3) is 0.750. The van der Waals surface area contributed by atoms with Crippen molar-refractivity contribution in [1.29, 1.82) is 0 Å². The molecule has 19 nitrogen and oxygen atoms in total. The van der Waals surface area contributed by atoms with Gasteiger partial charge in [-0.05, 0) is 5.53 Å². The number of nitrogens with zero attached hydrogens (tertiary/aromatic N) is 3. The third kappa shape index (κ3) is 10.3. The van der Waals surface area contributed by atoms with Gasteiger partial charge in [0.15, 0.2) is 30.9 Å². The first-order valence-corrected chi connectivity index (χ1v) is 12.8. The molecule has 2 aliphatic rings. The summed E-state index contributed by atoms with van der Waals surface area (Å²) in [4.78, 5) is 74.0. The number of aliphatic hydroxyl groups is 1. The average Bonchev–Trinajstić information content (AvgIpc) is 2.87. The summed E-state index contributed by atoms with van der Waals surface area (Å²) >= 11 is 0. The zero-order valence-corrected chi connectivity index (χ0v) is 24.1. The molecule has 0 aliphatic carbocycles. The van der Waals surface area contributed by atoms with Crippen LogP contribution >= 0.6 is 0 Å². The number of aliphatic hydroxyl groups excluding tert-OH is 1. The summed E-state index contributed by atoms with van der Waals surface area (Å²) < 4.78 is 48.8. The van der Waals surface area contributed by atoms with E-state index in [1.165, 1.54) is 0 Å². The van der Waals surface area contributed by atoms with Gasteiger partial charge in [0, 0.05) is 46.5 Å². The van der Waals surface area contributed by atoms with E-state index in [1.807, 2.05) is 0 Å². The molecule has 2 fully saturated rings. The van der Waals surface area contributed by atoms with Crippen LogP contribution in [0.5, 0.6) is 0 Å². The molecule has 2 aliphatic heterocycles. The van der Waals surface area contributed by atoms with Crippen molar-refractivity contribution in [3.8, 4) is 0 Å². The highest BCUT2D eigenvalue weighted by Gasteiger charge is 2.56. The summed E-state index contributed by atoms with van der Waals surface area (Å²) in [6.45, 7) is 5.12. The number of carbonyl (C=O) groups excluding carboxylic acids is 6. The van der Waals surface area contributed by atoms with Crippen molar-refractivity contribution in [3.05, 3.63) is 10.4 Å². The Balaban J connectivity index is 2.66. The summed E-state index contributed by atoms with van der Waals surface area (Å²) in [5.41, 5.74) is 9.06. The second-order valence-electron chi connectivity index (χ2n) is 9.31. The molecule has 19 heteroatoms. The van der Waals surface area contributed by atoms with Crippen LogP contribution in [-0.2, 0) is 71.4 Å². The molecule has 0 radical (unpaired) electrons. The molecule has 0 aromatic carbocycles. The molecule has 0 aromatic rings. The number of hydrogen-bond donors (Lipinski definition) is 1. The van der Waals surface area contributed by atoms with E-state index in [1.54, 1.807) is 0 Å². The number of hydrogen-bond acceptors (Lipinski definition) is 17. The van der Waals surface area contributed by atoms with Crippen LogP contribution in [0, 0.1) is 0 Å². The smallest absolute Gasteiger partial charge is 0.303 e. The van der Waals surface area contributed by atoms with Crippen molar-refractivity contribution in [1.82, 2.24) is 0 Å². The molecule has 240 valence electrons. The lowest BCUT2D eigenvalue weighted by molar-refractivity contribution is -0.346. The van der Waals surface area contributed by atoms with Crippen molar-refractivity contribution >= 4 is 35.8 Å². The number of carbonyl (C=O) groups is 6. The zero-order chi connectivity index (χ0) is 32.4. The maximum Gasteiger partial charge on any atom is 0.303 e. The standard InChI is InChI=1S/C24H33N3O16/c1-9(28)35-7-15-18(20(38-12(4)31)17(26-27-25)23(34)41-15)43-24-22(40-14(6)33)21(39-13(5)32)19(37-11(3)30)16(42-24)8-36-10(2)29/h15-24,34H,7-8H2,1-6H3. The summed E-state index contributed by atoms with van der Waals surface area (Å²) in [7, 11) is 0. The van der Waals surface area contributed by atoms with Gasteiger partial charge in [0.05, 0.1) is 0 Å². The van der Waals surface area contributed by atoms with Gasteiger partial charge in [-0.2, -0.15) is 0 Å². The van der Waals surface area contributed by atoms with Crippen molar-refractivity contribution in [3.63, 3.8) is 0 Å². The fourth-order valence-corrected chi connectivity index (χ4v) is 4.37. The third-order valence-corrected chi connectivity index (χ3v) is 5.81. The molecule has 0 bridgehead atoms. The fourth-order valence-electron chi connectivity index (χ4n) is 4.37. The molecule has 43 heavy (non-hydrogen) atoms. The van der Waals surface area contributed by atoms with Gasteiger partial charge in [-0.1, -0.05) is 5.11 Å². The number of ether oxygens (including phenoxy) is 9. The topological polar surface area (TPSA) is 254 Å². The Hall–Kier alpha value is -4.03. The second-order valence-corrected chi connectivity index (χ2v) is 9.31. The van der Waals surface area contributed by atoms with E-state index in [0.717, 1.165) is 41.5 Å². The monoisotopic (exact) mass is 619 g/mol. The van der Waals surface area contributed by atoms with Gasteiger partial charge >= 0.3 is 35.8 Å². The van der Waals surface area contributed by atoms with Gasteiger partial charge in [0.2, 0.25) is 0 Å². The molecular weight excluding hydrogens is 586 g/mol. The van der Waals surface area contributed by atoms with Crippen molar-refractivity contribution in [2.24, 2.45) is 5.11 Å². The highest BCUT2D eigenvalue weighted by Crippen LogP contribution is 2.34. The highest BCUT2D eigenvalue weighted by atomic mass is 16.8. The molecular formula is C24H33N3O16. The lowest BCUT2D eigenvalue weighted by Crippen LogP contribution is -2.66. The third-order valence-electron chi connectivity index (χ3n) is 5.81. The molecule has 2 rings (SSSR count). The lowest BCUT2D eigenvalue weighted by atomic mass is 9.95. The maximum absolute atomic E-state index is 12.1. The molecule has 10 atom stereocenters.